The number of fused-ring (bicyclic) bond motifs is 8. The van der Waals surface area contributed by atoms with Crippen LogP contribution in [0, 0.1) is 0 Å². The number of aromatic nitrogens is 3. The van der Waals surface area contributed by atoms with E-state index in [1.54, 1.807) is 0 Å². The Morgan fingerprint density at radius 1 is 0.667 bits per heavy atom. The van der Waals surface area contributed by atoms with E-state index >= 15 is 0 Å². The van der Waals surface area contributed by atoms with Crippen molar-refractivity contribution in [2.45, 2.75) is 13.1 Å². The molecule has 0 saturated carbocycles. The van der Waals surface area contributed by atoms with Gasteiger partial charge < -0.3 is 14.0 Å². The number of benzene rings is 4. The largest absolute Gasteiger partial charge is 0.354 e. The van der Waals surface area contributed by atoms with Crippen molar-refractivity contribution in [2.75, 3.05) is 0 Å². The van der Waals surface area contributed by atoms with Gasteiger partial charge in [0.1, 0.15) is 8.07 Å². The van der Waals surface area contributed by atoms with Crippen molar-refractivity contribution in [2.24, 2.45) is 0 Å². The van der Waals surface area contributed by atoms with E-state index in [1.807, 2.05) is 0 Å². The van der Waals surface area contributed by atoms with E-state index in [0.29, 0.717) is 0 Å². The standard InChI is InChI=1S/C32H23N3Si/c1-36(2)26-14-7-6-11-20(26)27-21-12-8-13-23-28(21)29-24(33-23)16-15-22-30-25(35(31(22)29)32(27)36)17-18-34(30)19-9-4-3-5-10-19/h3-18,33H,1-2H3. The van der Waals surface area contributed by atoms with Gasteiger partial charge in [0, 0.05) is 50.0 Å². The van der Waals surface area contributed by atoms with Crippen LogP contribution in [-0.2, 0) is 0 Å². The van der Waals surface area contributed by atoms with E-state index in [2.05, 4.69) is 124 Å². The topological polar surface area (TPSA) is 25.1 Å². The molecule has 1 N–H and O–H groups in total. The number of aromatic amines is 1. The Balaban J connectivity index is 1.65. The van der Waals surface area contributed by atoms with Gasteiger partial charge in [0.15, 0.2) is 0 Å². The minimum atomic E-state index is -2.00. The van der Waals surface area contributed by atoms with Crippen molar-refractivity contribution in [1.82, 2.24) is 14.0 Å². The lowest BCUT2D eigenvalue weighted by atomic mass is 10.00. The van der Waals surface area contributed by atoms with Gasteiger partial charge in [-0.1, -0.05) is 67.7 Å². The molecular formula is C32H23N3Si. The first kappa shape index (κ1) is 19.0. The van der Waals surface area contributed by atoms with E-state index in [4.69, 9.17) is 0 Å². The number of nitrogens with zero attached hydrogens (tertiary/aromatic N) is 2. The van der Waals surface area contributed by atoms with Crippen LogP contribution in [0.15, 0.2) is 97.2 Å². The van der Waals surface area contributed by atoms with Crippen molar-refractivity contribution in [3.05, 3.63) is 97.2 Å². The third kappa shape index (κ3) is 2.00. The number of nitrogens with one attached hydrogen (secondary N) is 1. The van der Waals surface area contributed by atoms with Crippen LogP contribution < -0.4 is 10.5 Å². The minimum absolute atomic E-state index is 1.20. The van der Waals surface area contributed by atoms with E-state index in [1.165, 1.54) is 76.4 Å². The molecule has 5 heterocycles. The first-order chi connectivity index (χ1) is 17.6. The van der Waals surface area contributed by atoms with Gasteiger partial charge in [0.2, 0.25) is 0 Å². The molecule has 170 valence electrons. The second-order valence-electron chi connectivity index (χ2n) is 10.7. The smallest absolute Gasteiger partial charge is 0.134 e. The number of hydrogen-bond acceptors (Lipinski definition) is 0. The van der Waals surface area contributed by atoms with Crippen molar-refractivity contribution in [3.8, 4) is 16.8 Å². The summed E-state index contributed by atoms with van der Waals surface area (Å²) in [5.41, 5.74) is 10.4. The van der Waals surface area contributed by atoms with Gasteiger partial charge in [0.25, 0.3) is 0 Å². The molecular weight excluding hydrogens is 454 g/mol. The minimum Gasteiger partial charge on any atom is -0.354 e. The first-order valence-electron chi connectivity index (χ1n) is 12.6. The molecule has 4 aromatic carbocycles. The normalized spacial score (nSPS) is 14.6. The number of para-hydroxylation sites is 1. The number of rotatable bonds is 1. The highest BCUT2D eigenvalue weighted by Crippen LogP contribution is 2.44. The summed E-state index contributed by atoms with van der Waals surface area (Å²) < 4.78 is 5.02. The Bertz CT molecular complexity index is 2170. The Kier molecular flexibility index (Phi) is 3.21. The zero-order chi connectivity index (χ0) is 23.8. The van der Waals surface area contributed by atoms with Gasteiger partial charge in [-0.25, -0.2) is 0 Å². The van der Waals surface area contributed by atoms with Crippen LogP contribution in [0.1, 0.15) is 0 Å². The Hall–Kier alpha value is -4.28. The van der Waals surface area contributed by atoms with Gasteiger partial charge in [-0.05, 0) is 52.5 Å². The summed E-state index contributed by atoms with van der Waals surface area (Å²) in [5.74, 6) is 0. The van der Waals surface area contributed by atoms with Crippen LogP contribution in [0.2, 0.25) is 13.1 Å². The molecule has 4 aromatic heterocycles. The van der Waals surface area contributed by atoms with Crippen LogP contribution in [-0.4, -0.2) is 22.0 Å². The lowest BCUT2D eigenvalue weighted by molar-refractivity contribution is 1.13. The van der Waals surface area contributed by atoms with E-state index in [0.717, 1.165) is 0 Å². The predicted molar refractivity (Wildman–Crippen MR) is 154 cm³/mol. The zero-order valence-corrected chi connectivity index (χ0v) is 21.1. The summed E-state index contributed by atoms with van der Waals surface area (Å²) in [6.07, 6.45) is 2.24. The first-order valence-corrected chi connectivity index (χ1v) is 15.6. The highest BCUT2D eigenvalue weighted by Gasteiger charge is 2.41. The van der Waals surface area contributed by atoms with Gasteiger partial charge in [-0.2, -0.15) is 0 Å². The fraction of sp³-hybridized carbons (Fsp3) is 0.0625. The molecule has 0 bridgehead atoms. The second-order valence-corrected chi connectivity index (χ2v) is 15.0. The highest BCUT2D eigenvalue weighted by molar-refractivity contribution is 7.03. The third-order valence-corrected chi connectivity index (χ3v) is 12.0. The molecule has 0 unspecified atom stereocenters. The van der Waals surface area contributed by atoms with Gasteiger partial charge in [0.05, 0.1) is 16.6 Å². The monoisotopic (exact) mass is 477 g/mol. The molecule has 9 rings (SSSR count). The fourth-order valence-electron chi connectivity index (χ4n) is 7.16. The van der Waals surface area contributed by atoms with Gasteiger partial charge >= 0.3 is 0 Å². The molecule has 0 aliphatic carbocycles. The SMILES string of the molecule is C[Si]1(C)c2ccccc2-c2c1n1c3ccn(-c4ccccc4)c3c3ccc4[nH]c5cccc2c5c4c31. The summed E-state index contributed by atoms with van der Waals surface area (Å²) in [4.78, 5) is 3.75. The van der Waals surface area contributed by atoms with E-state index < -0.39 is 8.07 Å². The average Bonchev–Trinajstić information content (AvgIpc) is 3.60. The van der Waals surface area contributed by atoms with Crippen LogP contribution in [0.3, 0.4) is 0 Å². The van der Waals surface area contributed by atoms with E-state index in [-0.39, 0.29) is 0 Å². The van der Waals surface area contributed by atoms with Crippen LogP contribution >= 0.6 is 0 Å². The average molecular weight is 478 g/mol. The number of H-pyrrole nitrogens is 1. The summed E-state index contributed by atoms with van der Waals surface area (Å²) in [7, 11) is -2.00. The molecule has 4 heteroatoms. The fourth-order valence-corrected chi connectivity index (χ4v) is 10.5. The molecule has 0 amide bonds. The summed E-state index contributed by atoms with van der Waals surface area (Å²) in [6.45, 7) is 5.06. The lowest BCUT2D eigenvalue weighted by Gasteiger charge is -2.20. The molecule has 3 nitrogen and oxygen atoms in total. The Labute approximate surface area is 208 Å². The summed E-state index contributed by atoms with van der Waals surface area (Å²) >= 11 is 0. The van der Waals surface area contributed by atoms with Crippen LogP contribution in [0.25, 0.3) is 65.9 Å². The van der Waals surface area contributed by atoms with Crippen molar-refractivity contribution >= 4 is 67.7 Å². The van der Waals surface area contributed by atoms with Crippen molar-refractivity contribution in [1.29, 1.82) is 0 Å². The molecule has 0 atom stereocenters. The van der Waals surface area contributed by atoms with Crippen LogP contribution in [0.5, 0.6) is 0 Å². The molecule has 8 aromatic rings. The Morgan fingerprint density at radius 2 is 1.47 bits per heavy atom. The number of hydrogen-bond donors (Lipinski definition) is 1. The highest BCUT2D eigenvalue weighted by atomic mass is 28.3. The van der Waals surface area contributed by atoms with Crippen molar-refractivity contribution in [3.63, 3.8) is 0 Å². The maximum atomic E-state index is 3.75. The maximum absolute atomic E-state index is 3.75. The summed E-state index contributed by atoms with van der Waals surface area (Å²) in [6, 6.07) is 33.6. The molecule has 36 heavy (non-hydrogen) atoms. The summed E-state index contributed by atoms with van der Waals surface area (Å²) in [5, 5.41) is 8.45. The zero-order valence-electron chi connectivity index (χ0n) is 20.1. The van der Waals surface area contributed by atoms with Crippen LogP contribution in [0.4, 0.5) is 0 Å². The molecule has 0 radical (unpaired) electrons. The second kappa shape index (κ2) is 6.09. The maximum Gasteiger partial charge on any atom is 0.134 e. The van der Waals surface area contributed by atoms with E-state index in [9.17, 15) is 0 Å². The molecule has 0 fully saturated rings. The third-order valence-electron chi connectivity index (χ3n) is 8.57. The predicted octanol–water partition coefficient (Wildman–Crippen LogP) is 6.91. The molecule has 0 saturated heterocycles. The van der Waals surface area contributed by atoms with Crippen molar-refractivity contribution < 1.29 is 0 Å². The quantitative estimate of drug-likeness (QED) is 0.249. The van der Waals surface area contributed by atoms with Gasteiger partial charge in [-0.3, -0.25) is 0 Å². The Morgan fingerprint density at radius 3 is 2.36 bits per heavy atom. The molecule has 0 spiro atoms. The molecule has 1 aliphatic rings. The van der Waals surface area contributed by atoms with Gasteiger partial charge in [-0.15, -0.1) is 0 Å². The molecule has 1 aliphatic heterocycles. The lowest BCUT2D eigenvalue weighted by Crippen LogP contribution is -2.51.